The summed E-state index contributed by atoms with van der Waals surface area (Å²) in [5.41, 5.74) is 0.521. The van der Waals surface area contributed by atoms with Gasteiger partial charge in [-0.05, 0) is 30.7 Å². The van der Waals surface area contributed by atoms with Gasteiger partial charge in [0.25, 0.3) is 5.78 Å². The highest BCUT2D eigenvalue weighted by atomic mass is 19.4. The number of benzene rings is 1. The van der Waals surface area contributed by atoms with Gasteiger partial charge in [0.1, 0.15) is 5.75 Å². The Kier molecular flexibility index (Phi) is 3.47. The largest absolute Gasteiger partial charge is 0.496 e. The first-order valence-corrected chi connectivity index (χ1v) is 5.52. The standard InChI is InChI=1S/C12H10F3N3O2/c1-7-5-8(3-4-10(7)20-2)18-6-9(16-17-18)11(19)12(13,14)15/h3-6H,1-2H3. The molecule has 0 unspecified atom stereocenters. The molecule has 0 aliphatic carbocycles. The minimum absolute atomic E-state index is 0.483. The lowest BCUT2D eigenvalue weighted by molar-refractivity contribution is -0.0888. The molecule has 0 atom stereocenters. The SMILES string of the molecule is COc1ccc(-n2cc(C(=O)C(F)(F)F)nn2)cc1C. The van der Waals surface area contributed by atoms with E-state index in [0.717, 1.165) is 16.4 Å². The Labute approximate surface area is 112 Å². The average molecular weight is 285 g/mol. The monoisotopic (exact) mass is 285 g/mol. The van der Waals surface area contributed by atoms with Crippen LogP contribution in [-0.2, 0) is 0 Å². The quantitative estimate of drug-likeness (QED) is 0.812. The number of halogens is 3. The van der Waals surface area contributed by atoms with Gasteiger partial charge in [-0.1, -0.05) is 5.21 Å². The highest BCUT2D eigenvalue weighted by molar-refractivity contribution is 5.98. The molecule has 0 saturated carbocycles. The van der Waals surface area contributed by atoms with Gasteiger partial charge in [-0.15, -0.1) is 5.10 Å². The number of Topliss-reactive ketones (excluding diaryl/α,β-unsaturated/α-hetero) is 1. The lowest BCUT2D eigenvalue weighted by Gasteiger charge is -2.06. The molecule has 1 heterocycles. The molecule has 2 aromatic rings. The molecule has 0 amide bonds. The topological polar surface area (TPSA) is 57.0 Å². The van der Waals surface area contributed by atoms with E-state index in [0.29, 0.717) is 11.4 Å². The Morgan fingerprint density at radius 1 is 1.35 bits per heavy atom. The van der Waals surface area contributed by atoms with Crippen LogP contribution in [0.4, 0.5) is 13.2 Å². The minimum atomic E-state index is -4.96. The number of methoxy groups -OCH3 is 1. The second-order valence-corrected chi connectivity index (χ2v) is 4.03. The Morgan fingerprint density at radius 3 is 2.60 bits per heavy atom. The second-order valence-electron chi connectivity index (χ2n) is 4.03. The lowest BCUT2D eigenvalue weighted by Crippen LogP contribution is -2.23. The van der Waals surface area contributed by atoms with Crippen molar-refractivity contribution in [2.45, 2.75) is 13.1 Å². The van der Waals surface area contributed by atoms with E-state index < -0.39 is 17.7 Å². The van der Waals surface area contributed by atoms with E-state index >= 15 is 0 Å². The molecule has 0 aliphatic rings. The summed E-state index contributed by atoms with van der Waals surface area (Å²) in [5.74, 6) is -1.38. The molecule has 8 heteroatoms. The molecule has 106 valence electrons. The van der Waals surface area contributed by atoms with Gasteiger partial charge in [0, 0.05) is 0 Å². The van der Waals surface area contributed by atoms with E-state index in [1.165, 1.54) is 7.11 Å². The maximum absolute atomic E-state index is 12.3. The van der Waals surface area contributed by atoms with E-state index in [4.69, 9.17) is 4.74 Å². The number of alkyl halides is 3. The van der Waals surface area contributed by atoms with Crippen LogP contribution in [0.2, 0.25) is 0 Å². The summed E-state index contributed by atoms with van der Waals surface area (Å²) in [6, 6.07) is 4.91. The molecule has 5 nitrogen and oxygen atoms in total. The zero-order valence-electron chi connectivity index (χ0n) is 10.6. The molecule has 0 radical (unpaired) electrons. The predicted molar refractivity (Wildman–Crippen MR) is 63.0 cm³/mol. The molecule has 0 aliphatic heterocycles. The van der Waals surface area contributed by atoms with Gasteiger partial charge in [0.2, 0.25) is 0 Å². The fraction of sp³-hybridized carbons (Fsp3) is 0.250. The van der Waals surface area contributed by atoms with Crippen LogP contribution < -0.4 is 4.74 Å². The van der Waals surface area contributed by atoms with Crippen LogP contribution in [0.25, 0.3) is 5.69 Å². The fourth-order valence-corrected chi connectivity index (χ4v) is 1.64. The van der Waals surface area contributed by atoms with Crippen molar-refractivity contribution in [3.8, 4) is 11.4 Å². The van der Waals surface area contributed by atoms with Gasteiger partial charge in [0.05, 0.1) is 19.0 Å². The van der Waals surface area contributed by atoms with E-state index in [1.54, 1.807) is 25.1 Å². The minimum Gasteiger partial charge on any atom is -0.496 e. The first-order valence-electron chi connectivity index (χ1n) is 5.52. The number of rotatable bonds is 3. The normalized spacial score (nSPS) is 11.4. The number of aryl methyl sites for hydroxylation is 1. The summed E-state index contributed by atoms with van der Waals surface area (Å²) in [7, 11) is 1.51. The average Bonchev–Trinajstić information content (AvgIpc) is 2.86. The third-order valence-corrected chi connectivity index (χ3v) is 2.63. The van der Waals surface area contributed by atoms with Crippen molar-refractivity contribution in [3.05, 3.63) is 35.7 Å². The Balaban J connectivity index is 2.34. The van der Waals surface area contributed by atoms with Gasteiger partial charge in [-0.2, -0.15) is 13.2 Å². The Morgan fingerprint density at radius 2 is 2.05 bits per heavy atom. The summed E-state index contributed by atoms with van der Waals surface area (Å²) in [5, 5.41) is 6.77. The first kappa shape index (κ1) is 14.0. The van der Waals surface area contributed by atoms with Crippen molar-refractivity contribution < 1.29 is 22.7 Å². The summed E-state index contributed by atoms with van der Waals surface area (Å²) in [4.78, 5) is 11.0. The van der Waals surface area contributed by atoms with Crippen LogP contribution in [0.15, 0.2) is 24.4 Å². The molecule has 0 fully saturated rings. The number of hydrogen-bond acceptors (Lipinski definition) is 4. The molecule has 1 aromatic carbocycles. The summed E-state index contributed by atoms with van der Waals surface area (Å²) in [6.45, 7) is 1.78. The number of ketones is 1. The first-order chi connectivity index (χ1) is 9.32. The number of nitrogens with zero attached hydrogens (tertiary/aromatic N) is 3. The number of aromatic nitrogens is 3. The number of hydrogen-bond donors (Lipinski definition) is 0. The molecule has 0 saturated heterocycles. The van der Waals surface area contributed by atoms with Gasteiger partial charge >= 0.3 is 6.18 Å². The van der Waals surface area contributed by atoms with Gasteiger partial charge in [-0.3, -0.25) is 4.79 Å². The van der Waals surface area contributed by atoms with Crippen LogP contribution in [0, 0.1) is 6.92 Å². The van der Waals surface area contributed by atoms with Crippen molar-refractivity contribution in [2.75, 3.05) is 7.11 Å². The second kappa shape index (κ2) is 4.95. The predicted octanol–water partition coefficient (Wildman–Crippen LogP) is 2.33. The lowest BCUT2D eigenvalue weighted by atomic mass is 10.2. The fourth-order valence-electron chi connectivity index (χ4n) is 1.64. The Hall–Kier alpha value is -2.38. The van der Waals surface area contributed by atoms with Gasteiger partial charge in [-0.25, -0.2) is 4.68 Å². The molecule has 20 heavy (non-hydrogen) atoms. The number of carbonyl (C=O) groups excluding carboxylic acids is 1. The third-order valence-electron chi connectivity index (χ3n) is 2.63. The van der Waals surface area contributed by atoms with Crippen LogP contribution in [0.3, 0.4) is 0 Å². The van der Waals surface area contributed by atoms with Crippen LogP contribution in [0.1, 0.15) is 16.1 Å². The highest BCUT2D eigenvalue weighted by Crippen LogP contribution is 2.22. The molecule has 1 aromatic heterocycles. The van der Waals surface area contributed by atoms with Crippen LogP contribution in [0.5, 0.6) is 5.75 Å². The Bertz CT molecular complexity index is 650. The van der Waals surface area contributed by atoms with Crippen molar-refractivity contribution in [1.29, 1.82) is 0 Å². The maximum atomic E-state index is 12.3. The van der Waals surface area contributed by atoms with Gasteiger partial charge in [0.15, 0.2) is 5.69 Å². The van der Waals surface area contributed by atoms with E-state index in [9.17, 15) is 18.0 Å². The molecular formula is C12H10F3N3O2. The van der Waals surface area contributed by atoms with Crippen molar-refractivity contribution in [1.82, 2.24) is 15.0 Å². The molecular weight excluding hydrogens is 275 g/mol. The van der Waals surface area contributed by atoms with Crippen LogP contribution >= 0.6 is 0 Å². The number of ether oxygens (including phenoxy) is 1. The number of carbonyl (C=O) groups is 1. The summed E-state index contributed by atoms with van der Waals surface area (Å²) in [6.07, 6.45) is -4.02. The smallest absolute Gasteiger partial charge is 0.456 e. The van der Waals surface area contributed by atoms with E-state index in [-0.39, 0.29) is 0 Å². The van der Waals surface area contributed by atoms with E-state index in [1.807, 2.05) is 0 Å². The molecule has 2 rings (SSSR count). The van der Waals surface area contributed by atoms with Crippen molar-refractivity contribution in [2.24, 2.45) is 0 Å². The summed E-state index contributed by atoms with van der Waals surface area (Å²) >= 11 is 0. The molecule has 0 spiro atoms. The van der Waals surface area contributed by atoms with Crippen LogP contribution in [-0.4, -0.2) is 34.1 Å². The zero-order valence-corrected chi connectivity index (χ0v) is 10.6. The molecule has 0 N–H and O–H groups in total. The third kappa shape index (κ3) is 2.63. The van der Waals surface area contributed by atoms with E-state index in [2.05, 4.69) is 10.3 Å². The van der Waals surface area contributed by atoms with Crippen molar-refractivity contribution in [3.63, 3.8) is 0 Å². The molecule has 0 bridgehead atoms. The summed E-state index contributed by atoms with van der Waals surface area (Å²) < 4.78 is 43.0. The van der Waals surface area contributed by atoms with Crippen molar-refractivity contribution >= 4 is 5.78 Å². The highest BCUT2D eigenvalue weighted by Gasteiger charge is 2.41. The van der Waals surface area contributed by atoms with Gasteiger partial charge < -0.3 is 4.74 Å². The maximum Gasteiger partial charge on any atom is 0.456 e. The zero-order chi connectivity index (χ0) is 14.9.